The first kappa shape index (κ1) is 60.3. The molecule has 0 amide bonds. The molecule has 0 radical (unpaired) electrons. The minimum atomic E-state index is -0.278. The summed E-state index contributed by atoms with van der Waals surface area (Å²) in [6, 6.07) is 52.4. The van der Waals surface area contributed by atoms with Gasteiger partial charge in [-0.1, -0.05) is 114 Å². The predicted molar refractivity (Wildman–Crippen MR) is 341 cm³/mol. The summed E-state index contributed by atoms with van der Waals surface area (Å²) in [5.74, 6) is -0.416. The molecule has 0 atom stereocenters. The number of thiazole rings is 4. The van der Waals surface area contributed by atoms with E-state index in [4.69, 9.17) is 9.72 Å². The molecule has 0 saturated heterocycles. The van der Waals surface area contributed by atoms with Crippen LogP contribution < -0.4 is 4.74 Å². The Kier molecular flexibility index (Phi) is 19.4. The molecule has 0 fully saturated rings. The van der Waals surface area contributed by atoms with E-state index in [9.17, 15) is 22.0 Å². The lowest BCUT2D eigenvalue weighted by atomic mass is 10.1. The van der Waals surface area contributed by atoms with Crippen molar-refractivity contribution < 1.29 is 26.7 Å². The van der Waals surface area contributed by atoms with Crippen LogP contribution in [-0.4, -0.2) is 27.0 Å². The second-order valence-electron chi connectivity index (χ2n) is 20.1. The highest BCUT2D eigenvalue weighted by Crippen LogP contribution is 2.40. The molecule has 0 aliphatic heterocycles. The van der Waals surface area contributed by atoms with Crippen LogP contribution >= 0.6 is 45.3 Å². The number of halogens is 5. The van der Waals surface area contributed by atoms with Crippen molar-refractivity contribution in [3.63, 3.8) is 0 Å². The van der Waals surface area contributed by atoms with E-state index in [0.29, 0.717) is 26.7 Å². The Labute approximate surface area is 503 Å². The zero-order chi connectivity index (χ0) is 59.8. The molecule has 0 bridgehead atoms. The third-order valence-corrected chi connectivity index (χ3v) is 18.7. The second kappa shape index (κ2) is 27.0. The molecule has 0 unspecified atom stereocenters. The molecule has 0 aliphatic rings. The van der Waals surface area contributed by atoms with Crippen LogP contribution in [0.2, 0.25) is 0 Å². The Morgan fingerprint density at radius 3 is 1.18 bits per heavy atom. The number of aryl methyl sites for hydroxylation is 9. The molecule has 4 heterocycles. The van der Waals surface area contributed by atoms with Crippen molar-refractivity contribution in [3.05, 3.63) is 256 Å². The Bertz CT molecular complexity index is 4140. The summed E-state index contributed by atoms with van der Waals surface area (Å²) >= 11 is 6.22. The Morgan fingerprint density at radius 2 is 0.714 bits per heavy atom. The van der Waals surface area contributed by atoms with E-state index in [-0.39, 0.29) is 29.1 Å². The lowest BCUT2D eigenvalue weighted by molar-refractivity contribution is 0.415. The second-order valence-corrected chi connectivity index (χ2v) is 24.1. The van der Waals surface area contributed by atoms with Crippen LogP contribution in [0.3, 0.4) is 0 Å². The van der Waals surface area contributed by atoms with Gasteiger partial charge in [0.2, 0.25) is 0 Å². The van der Waals surface area contributed by atoms with Gasteiger partial charge in [-0.15, -0.1) is 45.3 Å². The lowest BCUT2D eigenvalue weighted by Crippen LogP contribution is -1.87. The lowest BCUT2D eigenvalue weighted by Gasteiger charge is -2.02. The predicted octanol–water partition coefficient (Wildman–Crippen LogP) is 21.4. The summed E-state index contributed by atoms with van der Waals surface area (Å²) in [5, 5.41) is 3.33. The maximum absolute atomic E-state index is 14.2. The quantitative estimate of drug-likeness (QED) is 0.135. The van der Waals surface area contributed by atoms with Crippen LogP contribution in [0.15, 0.2) is 176 Å². The van der Waals surface area contributed by atoms with Crippen molar-refractivity contribution in [2.24, 2.45) is 0 Å². The van der Waals surface area contributed by atoms with E-state index >= 15 is 0 Å². The molecular formula is C70H59F5N4OS4. The third-order valence-electron chi connectivity index (χ3n) is 13.7. The highest BCUT2D eigenvalue weighted by Gasteiger charge is 2.18. The van der Waals surface area contributed by atoms with E-state index in [1.165, 1.54) is 92.3 Å². The Balaban J connectivity index is 0.000000134. The molecule has 424 valence electrons. The maximum atomic E-state index is 14.2. The molecule has 12 rings (SSSR count). The van der Waals surface area contributed by atoms with E-state index < -0.39 is 0 Å². The first-order valence-corrected chi connectivity index (χ1v) is 30.1. The number of nitrogens with zero attached hydrogens (tertiary/aromatic N) is 4. The molecule has 8 aromatic carbocycles. The smallest absolute Gasteiger partial charge is 0.136 e. The van der Waals surface area contributed by atoms with E-state index in [1.54, 1.807) is 97.4 Å². The Morgan fingerprint density at radius 1 is 0.321 bits per heavy atom. The Hall–Kier alpha value is -8.27. The highest BCUT2D eigenvalue weighted by molar-refractivity contribution is 7.19. The van der Waals surface area contributed by atoms with Crippen molar-refractivity contribution >= 4 is 45.3 Å². The molecule has 0 aliphatic carbocycles. The number of ether oxygens (including phenoxy) is 1. The first-order valence-electron chi connectivity index (χ1n) is 26.8. The average molecular weight is 1200 g/mol. The van der Waals surface area contributed by atoms with Crippen LogP contribution in [0.1, 0.15) is 50.6 Å². The number of methoxy groups -OCH3 is 1. The van der Waals surface area contributed by atoms with Gasteiger partial charge in [-0.2, -0.15) is 0 Å². The van der Waals surface area contributed by atoms with Crippen LogP contribution in [-0.2, 0) is 0 Å². The van der Waals surface area contributed by atoms with Crippen molar-refractivity contribution in [2.75, 3.05) is 7.11 Å². The summed E-state index contributed by atoms with van der Waals surface area (Å²) in [4.78, 5) is 22.5. The molecule has 0 saturated carbocycles. The molecule has 0 spiro atoms. The van der Waals surface area contributed by atoms with Crippen LogP contribution in [0.25, 0.3) is 84.0 Å². The van der Waals surface area contributed by atoms with Gasteiger partial charge in [-0.3, -0.25) is 0 Å². The largest absolute Gasteiger partial charge is 0.497 e. The standard InChI is InChI=1S/C18H16FNS.C18H17NOS.2C17H13F2NS/c1-11-4-5-15(10-12(11)2)18-20-13(3)17(21-18)14-6-8-16(19)9-7-14;1-12-7-9-14(10-8-12)17-13(2)19-18(21-17)15-5-4-6-16(11-15)20-3;1-10-3-8-15(19)14(9-10)17-20-11(2)16(21-17)12-4-6-13(18)7-5-12;1-10-4-3-5-14(15(10)19)17-20-11(2)16(21-17)12-6-8-13(18)9-7-12/h4-10H,1-3H3;4-11H,1-3H3;2*3-9H,1-2H3. The van der Waals surface area contributed by atoms with E-state index in [2.05, 4.69) is 91.2 Å². The van der Waals surface area contributed by atoms with Crippen LogP contribution in [0.4, 0.5) is 22.0 Å². The third kappa shape index (κ3) is 14.5. The maximum Gasteiger partial charge on any atom is 0.136 e. The molecule has 14 heteroatoms. The minimum Gasteiger partial charge on any atom is -0.497 e. The number of hydrogen-bond donors (Lipinski definition) is 0. The monoisotopic (exact) mass is 1190 g/mol. The zero-order valence-corrected chi connectivity index (χ0v) is 51.2. The SMILES string of the molecule is COc1cccc(-c2nc(C)c(-c3ccc(C)cc3)s2)c1.Cc1ccc(-c2nc(C)c(-c3ccc(F)cc3)s2)cc1C.Cc1ccc(F)c(-c2nc(C)c(-c3ccc(F)cc3)s2)c1.Cc1cccc(-c2nc(C)c(-c3ccc(F)cc3)s2)c1F. The summed E-state index contributed by atoms with van der Waals surface area (Å²) in [5.41, 5.74) is 16.4. The summed E-state index contributed by atoms with van der Waals surface area (Å²) in [7, 11) is 1.68. The van der Waals surface area contributed by atoms with Gasteiger partial charge >= 0.3 is 0 Å². The molecule has 12 aromatic rings. The van der Waals surface area contributed by atoms with Gasteiger partial charge in [0.15, 0.2) is 0 Å². The van der Waals surface area contributed by atoms with Crippen LogP contribution in [0.5, 0.6) is 5.75 Å². The molecular weight excluding hydrogens is 1140 g/mol. The number of aromatic nitrogens is 4. The summed E-state index contributed by atoms with van der Waals surface area (Å²) < 4.78 is 72.5. The van der Waals surface area contributed by atoms with Crippen LogP contribution in [0, 0.1) is 91.4 Å². The fraction of sp³-hybridized carbons (Fsp3) is 0.143. The van der Waals surface area contributed by atoms with Gasteiger partial charge < -0.3 is 4.74 Å². The first-order chi connectivity index (χ1) is 40.3. The van der Waals surface area contributed by atoms with Crippen molar-refractivity contribution in [1.29, 1.82) is 0 Å². The summed E-state index contributed by atoms with van der Waals surface area (Å²) in [6.07, 6.45) is 0. The van der Waals surface area contributed by atoms with Gasteiger partial charge in [0.05, 0.1) is 49.4 Å². The normalized spacial score (nSPS) is 10.8. The highest BCUT2D eigenvalue weighted by atomic mass is 32.1. The number of benzene rings is 8. The van der Waals surface area contributed by atoms with Crippen molar-refractivity contribution in [3.8, 4) is 89.8 Å². The fourth-order valence-electron chi connectivity index (χ4n) is 8.89. The van der Waals surface area contributed by atoms with Gasteiger partial charge in [0.1, 0.15) is 54.9 Å². The van der Waals surface area contributed by atoms with E-state index in [1.807, 2.05) is 52.0 Å². The van der Waals surface area contributed by atoms with Gasteiger partial charge in [-0.25, -0.2) is 41.9 Å². The summed E-state index contributed by atoms with van der Waals surface area (Å²) in [6.45, 7) is 17.8. The molecule has 5 nitrogen and oxygen atoms in total. The molecule has 84 heavy (non-hydrogen) atoms. The van der Waals surface area contributed by atoms with E-state index in [0.717, 1.165) is 86.6 Å². The van der Waals surface area contributed by atoms with Crippen molar-refractivity contribution in [1.82, 2.24) is 19.9 Å². The molecule has 0 N–H and O–H groups in total. The zero-order valence-electron chi connectivity index (χ0n) is 48.0. The minimum absolute atomic E-state index is 0.213. The van der Waals surface area contributed by atoms with Crippen molar-refractivity contribution in [2.45, 2.75) is 62.3 Å². The number of rotatable bonds is 9. The van der Waals surface area contributed by atoms with Gasteiger partial charge in [0, 0.05) is 22.3 Å². The molecule has 4 aromatic heterocycles. The van der Waals surface area contributed by atoms with Gasteiger partial charge in [-0.05, 0) is 174 Å². The topological polar surface area (TPSA) is 60.8 Å². The average Bonchev–Trinajstić information content (AvgIpc) is 4.42. The number of hydrogen-bond acceptors (Lipinski definition) is 9. The fourth-order valence-corrected chi connectivity index (χ4v) is 13.2. The van der Waals surface area contributed by atoms with Gasteiger partial charge in [0.25, 0.3) is 0 Å².